The topological polar surface area (TPSA) is 120 Å². The quantitative estimate of drug-likeness (QED) is 0.358. The van der Waals surface area contributed by atoms with Crippen molar-refractivity contribution in [2.45, 2.75) is 45.6 Å². The van der Waals surface area contributed by atoms with E-state index < -0.39 is 22.9 Å². The van der Waals surface area contributed by atoms with Crippen LogP contribution in [0.4, 0.5) is 0 Å². The lowest BCUT2D eigenvalue weighted by Gasteiger charge is -2.21. The van der Waals surface area contributed by atoms with Gasteiger partial charge in [-0.05, 0) is 36.5 Å². The van der Waals surface area contributed by atoms with Gasteiger partial charge in [-0.2, -0.15) is 4.98 Å². The van der Waals surface area contributed by atoms with E-state index in [0.717, 1.165) is 12.0 Å². The van der Waals surface area contributed by atoms with Gasteiger partial charge >= 0.3 is 5.97 Å². The number of para-hydroxylation sites is 1. The minimum atomic E-state index is -0.711. The van der Waals surface area contributed by atoms with Gasteiger partial charge in [0.25, 0.3) is 11.5 Å². The number of carbonyl (C=O) groups is 2. The molecule has 1 aromatic heterocycles. The number of aromatic nitrogens is 2. The normalized spacial score (nSPS) is 14.7. The van der Waals surface area contributed by atoms with Gasteiger partial charge < -0.3 is 24.2 Å². The monoisotopic (exact) mass is 549 g/mol. The van der Waals surface area contributed by atoms with Gasteiger partial charge in [0.15, 0.2) is 5.56 Å². The van der Waals surface area contributed by atoms with Crippen molar-refractivity contribution in [1.29, 1.82) is 0 Å². The molecule has 40 heavy (non-hydrogen) atoms. The Kier molecular flexibility index (Phi) is 9.42. The summed E-state index contributed by atoms with van der Waals surface area (Å²) < 4.78 is 17.7. The summed E-state index contributed by atoms with van der Waals surface area (Å²) in [5.74, 6) is -0.706. The van der Waals surface area contributed by atoms with Gasteiger partial charge in [0.1, 0.15) is 29.6 Å². The number of likely N-dealkylation sites (tertiary alicyclic amines) is 1. The fourth-order valence-corrected chi connectivity index (χ4v) is 4.90. The van der Waals surface area contributed by atoms with E-state index in [-0.39, 0.29) is 31.5 Å². The predicted molar refractivity (Wildman–Crippen MR) is 148 cm³/mol. The van der Waals surface area contributed by atoms with Crippen molar-refractivity contribution in [2.75, 3.05) is 27.3 Å². The molecule has 1 saturated heterocycles. The maximum Gasteiger partial charge on any atom is 0.306 e. The van der Waals surface area contributed by atoms with E-state index in [1.807, 2.05) is 37.3 Å². The third-order valence-corrected chi connectivity index (χ3v) is 7.00. The molecule has 0 spiro atoms. The first-order chi connectivity index (χ1) is 19.4. The van der Waals surface area contributed by atoms with Gasteiger partial charge in [-0.1, -0.05) is 49.7 Å². The Morgan fingerprint density at radius 2 is 1.75 bits per heavy atom. The highest BCUT2D eigenvalue weighted by molar-refractivity contribution is 5.96. The van der Waals surface area contributed by atoms with Gasteiger partial charge in [0.2, 0.25) is 5.88 Å². The third kappa shape index (κ3) is 6.27. The van der Waals surface area contributed by atoms with Crippen LogP contribution in [0.2, 0.25) is 0 Å². The second-order valence-electron chi connectivity index (χ2n) is 9.74. The Morgan fingerprint density at radius 1 is 1.05 bits per heavy atom. The number of aromatic hydroxyl groups is 1. The van der Waals surface area contributed by atoms with Crippen LogP contribution in [0.3, 0.4) is 0 Å². The van der Waals surface area contributed by atoms with Crippen LogP contribution in [0, 0.1) is 5.92 Å². The van der Waals surface area contributed by atoms with Gasteiger partial charge in [0, 0.05) is 19.5 Å². The summed E-state index contributed by atoms with van der Waals surface area (Å²) in [4.78, 5) is 45.7. The van der Waals surface area contributed by atoms with Crippen molar-refractivity contribution >= 4 is 11.9 Å². The number of ether oxygens (including phenoxy) is 3. The second kappa shape index (κ2) is 13.1. The molecule has 0 bridgehead atoms. The molecule has 4 rings (SSSR count). The first-order valence-corrected chi connectivity index (χ1v) is 13.4. The average Bonchev–Trinajstić information content (AvgIpc) is 3.43. The Bertz CT molecular complexity index is 1380. The molecule has 1 atom stereocenters. The zero-order valence-electron chi connectivity index (χ0n) is 23.1. The number of methoxy groups -OCH3 is 2. The molecule has 0 aliphatic carbocycles. The highest BCUT2D eigenvalue weighted by atomic mass is 16.5. The van der Waals surface area contributed by atoms with Crippen molar-refractivity contribution in [3.8, 4) is 23.1 Å². The molecule has 1 fully saturated rings. The van der Waals surface area contributed by atoms with E-state index in [0.29, 0.717) is 48.8 Å². The average molecular weight is 550 g/mol. The smallest absolute Gasteiger partial charge is 0.306 e. The number of benzene rings is 2. The van der Waals surface area contributed by atoms with E-state index in [1.54, 1.807) is 18.2 Å². The Morgan fingerprint density at radius 3 is 2.40 bits per heavy atom. The lowest BCUT2D eigenvalue weighted by Crippen LogP contribution is -2.37. The van der Waals surface area contributed by atoms with Gasteiger partial charge in [0.05, 0.1) is 20.6 Å². The molecule has 2 heterocycles. The van der Waals surface area contributed by atoms with Crippen LogP contribution in [0.15, 0.2) is 53.3 Å². The molecule has 2 aromatic carbocycles. The summed E-state index contributed by atoms with van der Waals surface area (Å²) >= 11 is 0. The highest BCUT2D eigenvalue weighted by Crippen LogP contribution is 2.33. The maximum absolute atomic E-state index is 13.9. The maximum atomic E-state index is 13.9. The van der Waals surface area contributed by atoms with Crippen LogP contribution in [0.1, 0.15) is 54.4 Å². The number of amides is 1. The van der Waals surface area contributed by atoms with Crippen LogP contribution >= 0.6 is 0 Å². The number of esters is 1. The number of nitrogens with zero attached hydrogens (tertiary/aromatic N) is 3. The predicted octanol–water partition coefficient (Wildman–Crippen LogP) is 3.89. The number of hydrogen-bond donors (Lipinski definition) is 1. The lowest BCUT2D eigenvalue weighted by atomic mass is 10.1. The molecule has 0 radical (unpaired) electrons. The number of rotatable bonds is 11. The first-order valence-electron chi connectivity index (χ1n) is 13.4. The highest BCUT2D eigenvalue weighted by Gasteiger charge is 2.34. The number of unbranched alkanes of at least 4 members (excludes halogenated alkanes) is 1. The molecule has 212 valence electrons. The van der Waals surface area contributed by atoms with Gasteiger partial charge in [-0.15, -0.1) is 0 Å². The SMILES string of the molecule is CCCCc1nc(O)c(C(=O)N2CC[C@H](CC(=O)OCc3ccccc3)C2)c(=O)n1-c1c(OC)cccc1OC. The fourth-order valence-electron chi connectivity index (χ4n) is 4.90. The molecule has 3 aromatic rings. The Hall–Kier alpha value is -4.34. The van der Waals surface area contributed by atoms with Gasteiger partial charge in [-0.3, -0.25) is 19.0 Å². The number of carbonyl (C=O) groups excluding carboxylic acids is 2. The largest absolute Gasteiger partial charge is 0.494 e. The van der Waals surface area contributed by atoms with E-state index in [2.05, 4.69) is 4.98 Å². The summed E-state index contributed by atoms with van der Waals surface area (Å²) in [7, 11) is 2.95. The number of hydrogen-bond acceptors (Lipinski definition) is 8. The minimum Gasteiger partial charge on any atom is -0.494 e. The summed E-state index contributed by atoms with van der Waals surface area (Å²) in [6.45, 7) is 2.79. The Balaban J connectivity index is 1.58. The summed E-state index contributed by atoms with van der Waals surface area (Å²) in [6, 6.07) is 14.5. The van der Waals surface area contributed by atoms with Crippen molar-refractivity contribution in [1.82, 2.24) is 14.5 Å². The van der Waals surface area contributed by atoms with E-state index in [1.165, 1.54) is 23.7 Å². The molecule has 1 aliphatic heterocycles. The molecule has 1 aliphatic rings. The summed E-state index contributed by atoms with van der Waals surface area (Å²) in [5.41, 5.74) is 0.0654. The zero-order valence-corrected chi connectivity index (χ0v) is 23.1. The first kappa shape index (κ1) is 28.7. The van der Waals surface area contributed by atoms with E-state index in [9.17, 15) is 19.5 Å². The van der Waals surface area contributed by atoms with Gasteiger partial charge in [-0.25, -0.2) is 0 Å². The molecule has 1 N–H and O–H groups in total. The standard InChI is InChI=1S/C30H35N3O7/c1-4-5-14-24-31-28(35)26(30(37)33(24)27-22(38-2)12-9-13-23(27)39-3)29(36)32-16-15-21(18-32)17-25(34)40-19-20-10-7-6-8-11-20/h6-13,21,35H,4-5,14-19H2,1-3H3/t21-/m1/s1. The van der Waals surface area contributed by atoms with Crippen LogP contribution in [-0.4, -0.2) is 58.7 Å². The lowest BCUT2D eigenvalue weighted by molar-refractivity contribution is -0.146. The van der Waals surface area contributed by atoms with Crippen LogP contribution in [0.5, 0.6) is 17.4 Å². The van der Waals surface area contributed by atoms with Crippen LogP contribution < -0.4 is 15.0 Å². The van der Waals surface area contributed by atoms with Crippen molar-refractivity contribution in [3.05, 3.63) is 75.8 Å². The molecular formula is C30H35N3O7. The number of aryl methyl sites for hydroxylation is 1. The van der Waals surface area contributed by atoms with Crippen molar-refractivity contribution in [2.24, 2.45) is 5.92 Å². The molecule has 1 amide bonds. The molecule has 10 nitrogen and oxygen atoms in total. The summed E-state index contributed by atoms with van der Waals surface area (Å²) in [5, 5.41) is 10.8. The van der Waals surface area contributed by atoms with Crippen molar-refractivity contribution < 1.29 is 28.9 Å². The van der Waals surface area contributed by atoms with Crippen LogP contribution in [-0.2, 0) is 22.6 Å². The molecule has 10 heteroatoms. The van der Waals surface area contributed by atoms with Crippen molar-refractivity contribution in [3.63, 3.8) is 0 Å². The van der Waals surface area contributed by atoms with Crippen LogP contribution in [0.25, 0.3) is 5.69 Å². The Labute approximate surface area is 233 Å². The van der Waals surface area contributed by atoms with E-state index in [4.69, 9.17) is 14.2 Å². The fraction of sp³-hybridized carbons (Fsp3) is 0.400. The molecular weight excluding hydrogens is 514 g/mol. The minimum absolute atomic E-state index is 0.123. The second-order valence-corrected chi connectivity index (χ2v) is 9.74. The summed E-state index contributed by atoms with van der Waals surface area (Å²) in [6.07, 6.45) is 2.67. The third-order valence-electron chi connectivity index (χ3n) is 7.00. The zero-order chi connectivity index (χ0) is 28.6. The molecule has 0 saturated carbocycles. The van der Waals surface area contributed by atoms with E-state index >= 15 is 0 Å². The molecule has 0 unspecified atom stereocenters.